The lowest BCUT2D eigenvalue weighted by Gasteiger charge is -2.16. The second kappa shape index (κ2) is 6.79. The highest BCUT2D eigenvalue weighted by molar-refractivity contribution is 5.92. The molecule has 0 saturated carbocycles. The number of likely N-dealkylation sites (tertiary alicyclic amines) is 1. The molecule has 0 radical (unpaired) electrons. The van der Waals surface area contributed by atoms with Crippen molar-refractivity contribution in [1.29, 1.82) is 0 Å². The minimum absolute atomic E-state index is 0.0440. The standard InChI is InChI=1S/C19H19N5O3/c1-12-20-18(27-22-12)15-11-24(10-14(15)13-6-4-3-5-7-13)19(26)16-8-9-17(25)23(2)21-16/h3-9,14-15H,10-11H2,1-2H3. The number of aromatic nitrogens is 4. The maximum absolute atomic E-state index is 13.0. The average Bonchev–Trinajstić information content (AvgIpc) is 3.30. The van der Waals surface area contributed by atoms with Crippen molar-refractivity contribution in [3.63, 3.8) is 0 Å². The van der Waals surface area contributed by atoms with E-state index in [0.29, 0.717) is 24.8 Å². The monoisotopic (exact) mass is 365 g/mol. The second-order valence-corrected chi connectivity index (χ2v) is 6.69. The summed E-state index contributed by atoms with van der Waals surface area (Å²) in [7, 11) is 1.53. The molecule has 8 nitrogen and oxygen atoms in total. The molecule has 0 aliphatic carbocycles. The van der Waals surface area contributed by atoms with E-state index in [2.05, 4.69) is 15.2 Å². The molecule has 2 atom stereocenters. The van der Waals surface area contributed by atoms with Crippen molar-refractivity contribution in [2.45, 2.75) is 18.8 Å². The van der Waals surface area contributed by atoms with Gasteiger partial charge in [0.1, 0.15) is 5.69 Å². The first-order chi connectivity index (χ1) is 13.0. The number of benzene rings is 1. The molecule has 1 aromatic carbocycles. The smallest absolute Gasteiger partial charge is 0.274 e. The lowest BCUT2D eigenvalue weighted by molar-refractivity contribution is 0.0779. The first-order valence-corrected chi connectivity index (χ1v) is 8.71. The number of amides is 1. The Kier molecular flexibility index (Phi) is 4.31. The van der Waals surface area contributed by atoms with Gasteiger partial charge in [0, 0.05) is 32.1 Å². The molecule has 1 aliphatic heterocycles. The second-order valence-electron chi connectivity index (χ2n) is 6.69. The van der Waals surface area contributed by atoms with Crippen LogP contribution in [0.4, 0.5) is 0 Å². The van der Waals surface area contributed by atoms with Crippen LogP contribution in [-0.4, -0.2) is 43.8 Å². The van der Waals surface area contributed by atoms with Gasteiger partial charge in [-0.05, 0) is 18.6 Å². The first-order valence-electron chi connectivity index (χ1n) is 8.71. The van der Waals surface area contributed by atoms with Crippen molar-refractivity contribution in [1.82, 2.24) is 24.8 Å². The highest BCUT2D eigenvalue weighted by atomic mass is 16.5. The molecule has 4 rings (SSSR count). The van der Waals surface area contributed by atoms with E-state index in [-0.39, 0.29) is 29.0 Å². The topological polar surface area (TPSA) is 94.1 Å². The molecule has 138 valence electrons. The Morgan fingerprint density at radius 2 is 1.85 bits per heavy atom. The molecule has 1 amide bonds. The zero-order valence-corrected chi connectivity index (χ0v) is 15.1. The summed E-state index contributed by atoms with van der Waals surface area (Å²) in [6, 6.07) is 12.8. The highest BCUT2D eigenvalue weighted by Gasteiger charge is 2.40. The number of carbonyl (C=O) groups is 1. The summed E-state index contributed by atoms with van der Waals surface area (Å²) in [5.41, 5.74) is 1.10. The van der Waals surface area contributed by atoms with Crippen molar-refractivity contribution < 1.29 is 9.32 Å². The van der Waals surface area contributed by atoms with E-state index in [0.717, 1.165) is 10.2 Å². The molecule has 1 saturated heterocycles. The average molecular weight is 365 g/mol. The predicted octanol–water partition coefficient (Wildman–Crippen LogP) is 1.50. The fourth-order valence-corrected chi connectivity index (χ4v) is 3.50. The number of rotatable bonds is 3. The van der Waals surface area contributed by atoms with Crippen LogP contribution in [0.3, 0.4) is 0 Å². The zero-order chi connectivity index (χ0) is 19.0. The van der Waals surface area contributed by atoms with E-state index in [9.17, 15) is 9.59 Å². The predicted molar refractivity (Wildman–Crippen MR) is 96.3 cm³/mol. The van der Waals surface area contributed by atoms with Crippen LogP contribution in [0.5, 0.6) is 0 Å². The Balaban J connectivity index is 1.66. The van der Waals surface area contributed by atoms with Gasteiger partial charge in [-0.25, -0.2) is 4.68 Å². The van der Waals surface area contributed by atoms with E-state index < -0.39 is 0 Å². The van der Waals surface area contributed by atoms with Crippen LogP contribution in [0.15, 0.2) is 51.8 Å². The van der Waals surface area contributed by atoms with Gasteiger partial charge in [0.2, 0.25) is 5.89 Å². The molecular formula is C19H19N5O3. The largest absolute Gasteiger partial charge is 0.339 e. The van der Waals surface area contributed by atoms with Crippen molar-refractivity contribution >= 4 is 5.91 Å². The van der Waals surface area contributed by atoms with Crippen molar-refractivity contribution in [2.24, 2.45) is 7.05 Å². The van der Waals surface area contributed by atoms with Gasteiger partial charge < -0.3 is 9.42 Å². The normalized spacial score (nSPS) is 19.4. The fourth-order valence-electron chi connectivity index (χ4n) is 3.50. The minimum atomic E-state index is -0.255. The summed E-state index contributed by atoms with van der Waals surface area (Å²) in [4.78, 5) is 30.6. The van der Waals surface area contributed by atoms with Gasteiger partial charge in [0.15, 0.2) is 5.82 Å². The number of hydrogen-bond acceptors (Lipinski definition) is 6. The van der Waals surface area contributed by atoms with Gasteiger partial charge in [-0.2, -0.15) is 10.1 Å². The van der Waals surface area contributed by atoms with Gasteiger partial charge in [0.05, 0.1) is 5.92 Å². The molecule has 27 heavy (non-hydrogen) atoms. The number of hydrogen-bond donors (Lipinski definition) is 0. The summed E-state index contributed by atoms with van der Waals surface area (Å²) in [6.45, 7) is 2.74. The minimum Gasteiger partial charge on any atom is -0.339 e. The SMILES string of the molecule is Cc1noc(C2CN(C(=O)c3ccc(=O)n(C)n3)CC2c2ccccc2)n1. The summed E-state index contributed by atoms with van der Waals surface area (Å²) >= 11 is 0. The molecule has 2 unspecified atom stereocenters. The number of nitrogens with zero attached hydrogens (tertiary/aromatic N) is 5. The van der Waals surface area contributed by atoms with Crippen molar-refractivity contribution in [3.8, 4) is 0 Å². The van der Waals surface area contributed by atoms with Gasteiger partial charge in [0.25, 0.3) is 11.5 Å². The summed E-state index contributed by atoms with van der Waals surface area (Å²) in [5, 5.41) is 7.98. The van der Waals surface area contributed by atoms with Crippen LogP contribution in [0.1, 0.15) is 39.6 Å². The van der Waals surface area contributed by atoms with E-state index in [1.807, 2.05) is 30.3 Å². The van der Waals surface area contributed by atoms with Crippen LogP contribution in [-0.2, 0) is 7.05 Å². The Bertz CT molecular complexity index is 1030. The summed E-state index contributed by atoms with van der Waals surface area (Å²) < 4.78 is 6.57. The lowest BCUT2D eigenvalue weighted by atomic mass is 9.89. The summed E-state index contributed by atoms with van der Waals surface area (Å²) in [6.07, 6.45) is 0. The van der Waals surface area contributed by atoms with Crippen LogP contribution >= 0.6 is 0 Å². The van der Waals surface area contributed by atoms with E-state index >= 15 is 0 Å². The van der Waals surface area contributed by atoms with Gasteiger partial charge in [-0.3, -0.25) is 9.59 Å². The van der Waals surface area contributed by atoms with E-state index in [4.69, 9.17) is 4.52 Å². The lowest BCUT2D eigenvalue weighted by Crippen LogP contribution is -2.32. The quantitative estimate of drug-likeness (QED) is 0.698. The van der Waals surface area contributed by atoms with Crippen LogP contribution < -0.4 is 5.56 Å². The number of carbonyl (C=O) groups excluding carboxylic acids is 1. The molecule has 0 spiro atoms. The van der Waals surface area contributed by atoms with E-state index in [1.54, 1.807) is 11.8 Å². The molecule has 0 N–H and O–H groups in total. The molecule has 3 heterocycles. The van der Waals surface area contributed by atoms with Crippen LogP contribution in [0.25, 0.3) is 0 Å². The molecule has 2 aromatic heterocycles. The summed E-state index contributed by atoms with van der Waals surface area (Å²) in [5.74, 6) is 0.837. The third-order valence-corrected chi connectivity index (χ3v) is 4.87. The Hall–Kier alpha value is -3.29. The molecule has 1 aliphatic rings. The van der Waals surface area contributed by atoms with Gasteiger partial charge in [-0.15, -0.1) is 0 Å². The van der Waals surface area contributed by atoms with Crippen molar-refractivity contribution in [3.05, 3.63) is 75.8 Å². The molecular weight excluding hydrogens is 346 g/mol. The Morgan fingerprint density at radius 3 is 2.52 bits per heavy atom. The van der Waals surface area contributed by atoms with Gasteiger partial charge >= 0.3 is 0 Å². The van der Waals surface area contributed by atoms with Crippen LogP contribution in [0.2, 0.25) is 0 Å². The van der Waals surface area contributed by atoms with E-state index in [1.165, 1.54) is 19.2 Å². The first kappa shape index (κ1) is 17.1. The fraction of sp³-hybridized carbons (Fsp3) is 0.316. The third kappa shape index (κ3) is 3.25. The molecule has 3 aromatic rings. The highest BCUT2D eigenvalue weighted by Crippen LogP contribution is 2.39. The maximum Gasteiger partial charge on any atom is 0.274 e. The van der Waals surface area contributed by atoms with Crippen molar-refractivity contribution in [2.75, 3.05) is 13.1 Å². The zero-order valence-electron chi connectivity index (χ0n) is 15.1. The molecule has 0 bridgehead atoms. The Morgan fingerprint density at radius 1 is 1.11 bits per heavy atom. The third-order valence-electron chi connectivity index (χ3n) is 4.87. The maximum atomic E-state index is 13.0. The van der Waals surface area contributed by atoms with Crippen LogP contribution in [0, 0.1) is 6.92 Å². The Labute approximate surface area is 155 Å². The number of aryl methyl sites for hydroxylation is 2. The molecule has 8 heteroatoms. The van der Waals surface area contributed by atoms with Gasteiger partial charge in [-0.1, -0.05) is 35.5 Å². The molecule has 1 fully saturated rings.